The van der Waals surface area contributed by atoms with E-state index < -0.39 is 0 Å². The van der Waals surface area contributed by atoms with E-state index in [9.17, 15) is 4.79 Å². The maximum Gasteiger partial charge on any atom is 0.310 e. The molecule has 4 aromatic rings. The molecule has 0 amide bonds. The molecule has 0 aliphatic heterocycles. The molecular formula is C25H25NO4S. The average Bonchev–Trinajstić information content (AvgIpc) is 3.42. The summed E-state index contributed by atoms with van der Waals surface area (Å²) in [4.78, 5) is 13.0. The van der Waals surface area contributed by atoms with Gasteiger partial charge in [-0.2, -0.15) is 0 Å². The molecule has 5 nitrogen and oxygen atoms in total. The minimum atomic E-state index is -0.261. The molecule has 31 heavy (non-hydrogen) atoms. The van der Waals surface area contributed by atoms with Crippen LogP contribution in [-0.2, 0) is 22.6 Å². The van der Waals surface area contributed by atoms with Gasteiger partial charge in [-0.15, -0.1) is 11.3 Å². The van der Waals surface area contributed by atoms with E-state index in [0.29, 0.717) is 19.0 Å². The van der Waals surface area contributed by atoms with Gasteiger partial charge in [-0.25, -0.2) is 0 Å². The van der Waals surface area contributed by atoms with Crippen LogP contribution in [0.25, 0.3) is 22.1 Å². The third-order valence-corrected chi connectivity index (χ3v) is 6.13. The Bertz CT molecular complexity index is 1190. The van der Waals surface area contributed by atoms with E-state index >= 15 is 0 Å². The minimum absolute atomic E-state index is 0.00624. The van der Waals surface area contributed by atoms with Crippen molar-refractivity contribution in [1.82, 2.24) is 0 Å². The van der Waals surface area contributed by atoms with Gasteiger partial charge in [0.1, 0.15) is 17.9 Å². The van der Waals surface area contributed by atoms with Crippen LogP contribution < -0.4 is 10.5 Å². The van der Waals surface area contributed by atoms with Crippen molar-refractivity contribution >= 4 is 28.3 Å². The van der Waals surface area contributed by atoms with E-state index in [4.69, 9.17) is 19.6 Å². The van der Waals surface area contributed by atoms with Gasteiger partial charge >= 0.3 is 5.97 Å². The molecule has 0 bridgehead atoms. The summed E-state index contributed by atoms with van der Waals surface area (Å²) >= 11 is 1.65. The van der Waals surface area contributed by atoms with Crippen LogP contribution in [0.2, 0.25) is 0 Å². The van der Waals surface area contributed by atoms with Gasteiger partial charge in [0.05, 0.1) is 19.3 Å². The topological polar surface area (TPSA) is 74.7 Å². The van der Waals surface area contributed by atoms with Crippen molar-refractivity contribution in [2.24, 2.45) is 5.73 Å². The number of fused-ring (bicyclic) bond motifs is 1. The molecule has 1 unspecified atom stereocenters. The van der Waals surface area contributed by atoms with Crippen molar-refractivity contribution in [2.45, 2.75) is 32.9 Å². The number of thiophene rings is 1. The fraction of sp³-hybridized carbons (Fsp3) is 0.240. The van der Waals surface area contributed by atoms with Crippen LogP contribution in [-0.4, -0.2) is 12.6 Å². The number of furan rings is 1. The molecule has 2 heterocycles. The first kappa shape index (κ1) is 21.2. The maximum absolute atomic E-state index is 11.9. The highest BCUT2D eigenvalue weighted by molar-refractivity contribution is 7.10. The molecule has 2 aromatic carbocycles. The molecule has 0 aliphatic carbocycles. The number of rotatable bonds is 8. The van der Waals surface area contributed by atoms with Crippen LogP contribution >= 0.6 is 11.3 Å². The number of para-hydroxylation sites is 1. The molecule has 0 saturated carbocycles. The number of hydrogen-bond acceptors (Lipinski definition) is 6. The SMILES string of the molecule is CCOC(=O)Cc1ccccc1OCc1cc(-c2csc(C(C)N)c2)c2occc2c1. The van der Waals surface area contributed by atoms with Crippen molar-refractivity contribution < 1.29 is 18.7 Å². The number of esters is 1. The lowest BCUT2D eigenvalue weighted by Gasteiger charge is -2.12. The molecule has 160 valence electrons. The van der Waals surface area contributed by atoms with Crippen LogP contribution in [0.5, 0.6) is 5.75 Å². The Morgan fingerprint density at radius 2 is 2.03 bits per heavy atom. The van der Waals surface area contributed by atoms with Crippen molar-refractivity contribution in [1.29, 1.82) is 0 Å². The summed E-state index contributed by atoms with van der Waals surface area (Å²) in [6.45, 7) is 4.52. The lowest BCUT2D eigenvalue weighted by molar-refractivity contribution is -0.142. The highest BCUT2D eigenvalue weighted by Gasteiger charge is 2.14. The number of nitrogens with two attached hydrogens (primary N) is 1. The predicted molar refractivity (Wildman–Crippen MR) is 123 cm³/mol. The Hall–Kier alpha value is -3.09. The molecule has 0 spiro atoms. The number of ether oxygens (including phenoxy) is 2. The minimum Gasteiger partial charge on any atom is -0.489 e. The van der Waals surface area contributed by atoms with Crippen molar-refractivity contribution in [3.63, 3.8) is 0 Å². The smallest absolute Gasteiger partial charge is 0.310 e. The summed E-state index contributed by atoms with van der Waals surface area (Å²) in [6, 6.07) is 15.8. The van der Waals surface area contributed by atoms with Gasteiger partial charge in [0, 0.05) is 27.4 Å². The number of carbonyl (C=O) groups is 1. The molecule has 2 N–H and O–H groups in total. The van der Waals surface area contributed by atoms with E-state index in [-0.39, 0.29) is 18.4 Å². The van der Waals surface area contributed by atoms with Gasteiger partial charge in [-0.05, 0) is 60.7 Å². The first-order chi connectivity index (χ1) is 15.0. The summed E-state index contributed by atoms with van der Waals surface area (Å²) in [5.41, 5.74) is 10.8. The monoisotopic (exact) mass is 435 g/mol. The van der Waals surface area contributed by atoms with Crippen LogP contribution in [0.3, 0.4) is 0 Å². The second-order valence-corrected chi connectivity index (χ2v) is 8.33. The fourth-order valence-electron chi connectivity index (χ4n) is 3.49. The van der Waals surface area contributed by atoms with Crippen molar-refractivity contribution in [2.75, 3.05) is 6.61 Å². The zero-order valence-electron chi connectivity index (χ0n) is 17.6. The lowest BCUT2D eigenvalue weighted by atomic mass is 10.0. The van der Waals surface area contributed by atoms with E-state index in [2.05, 4.69) is 23.6 Å². The number of hydrogen-bond donors (Lipinski definition) is 1. The highest BCUT2D eigenvalue weighted by Crippen LogP contribution is 2.35. The average molecular weight is 436 g/mol. The maximum atomic E-state index is 11.9. The van der Waals surface area contributed by atoms with Gasteiger partial charge in [-0.3, -0.25) is 4.79 Å². The molecule has 4 rings (SSSR count). The van der Waals surface area contributed by atoms with Gasteiger partial charge < -0.3 is 19.6 Å². The van der Waals surface area contributed by atoms with E-state index in [1.807, 2.05) is 37.3 Å². The summed E-state index contributed by atoms with van der Waals surface area (Å²) in [5.74, 6) is 0.419. The largest absolute Gasteiger partial charge is 0.489 e. The Labute approximate surface area is 185 Å². The summed E-state index contributed by atoms with van der Waals surface area (Å²) in [7, 11) is 0. The normalized spacial score (nSPS) is 12.1. The van der Waals surface area contributed by atoms with Crippen molar-refractivity contribution in [3.05, 3.63) is 76.2 Å². The van der Waals surface area contributed by atoms with Gasteiger partial charge in [-0.1, -0.05) is 18.2 Å². The molecule has 2 aromatic heterocycles. The van der Waals surface area contributed by atoms with Crippen LogP contribution in [0.15, 0.2) is 64.6 Å². The summed E-state index contributed by atoms with van der Waals surface area (Å²) < 4.78 is 16.9. The highest BCUT2D eigenvalue weighted by atomic mass is 32.1. The second kappa shape index (κ2) is 9.37. The molecule has 1 atom stereocenters. The van der Waals surface area contributed by atoms with Gasteiger partial charge in [0.15, 0.2) is 0 Å². The zero-order valence-corrected chi connectivity index (χ0v) is 18.4. The summed E-state index contributed by atoms with van der Waals surface area (Å²) in [6.07, 6.45) is 1.89. The number of carbonyl (C=O) groups excluding carboxylic acids is 1. The standard InChI is InChI=1S/C25H25NO4S/c1-3-28-24(27)13-18-6-4-5-7-22(18)30-14-17-10-19-8-9-29-25(19)21(11-17)20-12-23(16(2)26)31-15-20/h4-12,15-16H,3,13-14,26H2,1-2H3. The quantitative estimate of drug-likeness (QED) is 0.351. The van der Waals surface area contributed by atoms with Crippen LogP contribution in [0.1, 0.15) is 35.9 Å². The van der Waals surface area contributed by atoms with E-state index in [1.165, 1.54) is 0 Å². The van der Waals surface area contributed by atoms with Crippen molar-refractivity contribution in [3.8, 4) is 16.9 Å². The Morgan fingerprint density at radius 3 is 2.81 bits per heavy atom. The molecule has 0 radical (unpaired) electrons. The van der Waals surface area contributed by atoms with E-state index in [1.54, 1.807) is 24.5 Å². The molecule has 0 saturated heterocycles. The third kappa shape index (κ3) is 4.81. The Kier molecular flexibility index (Phi) is 6.39. The lowest BCUT2D eigenvalue weighted by Crippen LogP contribution is -2.09. The predicted octanol–water partition coefficient (Wildman–Crippen LogP) is 5.87. The van der Waals surface area contributed by atoms with Gasteiger partial charge in [0.2, 0.25) is 0 Å². The number of benzene rings is 2. The van der Waals surface area contributed by atoms with E-state index in [0.717, 1.165) is 38.1 Å². The molecule has 6 heteroatoms. The summed E-state index contributed by atoms with van der Waals surface area (Å²) in [5, 5.41) is 3.12. The Balaban J connectivity index is 1.60. The van der Waals surface area contributed by atoms with Crippen LogP contribution in [0.4, 0.5) is 0 Å². The first-order valence-electron chi connectivity index (χ1n) is 10.3. The Morgan fingerprint density at radius 1 is 1.19 bits per heavy atom. The molecule has 0 fully saturated rings. The first-order valence-corrected chi connectivity index (χ1v) is 11.1. The fourth-order valence-corrected chi connectivity index (χ4v) is 4.36. The second-order valence-electron chi connectivity index (χ2n) is 7.39. The third-order valence-electron chi connectivity index (χ3n) is 5.00. The zero-order chi connectivity index (χ0) is 21.8. The molecular weight excluding hydrogens is 410 g/mol. The molecule has 0 aliphatic rings. The van der Waals surface area contributed by atoms with Crippen LogP contribution in [0, 0.1) is 0 Å². The van der Waals surface area contributed by atoms with Gasteiger partial charge in [0.25, 0.3) is 0 Å².